The van der Waals surface area contributed by atoms with Gasteiger partial charge in [-0.2, -0.15) is 0 Å². The van der Waals surface area contributed by atoms with Crippen molar-refractivity contribution in [2.45, 2.75) is 51.9 Å². The average Bonchev–Trinajstić information content (AvgIpc) is 2.79. The van der Waals surface area contributed by atoms with Gasteiger partial charge in [0.25, 0.3) is 0 Å². The fraction of sp³-hybridized carbons (Fsp3) is 0.440. The van der Waals surface area contributed by atoms with Crippen LogP contribution in [0.1, 0.15) is 50.2 Å². The quantitative estimate of drug-likeness (QED) is 0.276. The molecule has 0 aliphatic carbocycles. The Labute approximate surface area is 188 Å². The number of para-hydroxylation sites is 2. The lowest BCUT2D eigenvalue weighted by Crippen LogP contribution is -2.18. The molecule has 7 heteroatoms. The average molecular weight is 443 g/mol. The minimum absolute atomic E-state index is 0.179. The predicted molar refractivity (Wildman–Crippen MR) is 119 cm³/mol. The van der Waals surface area contributed by atoms with Crippen molar-refractivity contribution in [3.05, 3.63) is 47.5 Å². The molecule has 0 bridgehead atoms. The topological polar surface area (TPSA) is 91.3 Å². The maximum Gasteiger partial charge on any atom is 0.341 e. The van der Waals surface area contributed by atoms with E-state index in [1.54, 1.807) is 18.2 Å². The molecule has 7 nitrogen and oxygen atoms in total. The molecule has 2 aromatic carbocycles. The van der Waals surface area contributed by atoms with Crippen LogP contribution in [0.2, 0.25) is 0 Å². The first-order valence-electron chi connectivity index (χ1n) is 11.1. The van der Waals surface area contributed by atoms with Gasteiger partial charge in [0, 0.05) is 5.56 Å². The molecule has 1 aliphatic heterocycles. The zero-order chi connectivity index (χ0) is 22.8. The van der Waals surface area contributed by atoms with Gasteiger partial charge in [0.2, 0.25) is 0 Å². The Morgan fingerprint density at radius 1 is 0.938 bits per heavy atom. The molecular formula is C25H30O7. The number of hydrogen-bond donors (Lipinski definition) is 1. The summed E-state index contributed by atoms with van der Waals surface area (Å²) in [7, 11) is 0. The largest absolute Gasteiger partial charge is 0.493 e. The lowest BCUT2D eigenvalue weighted by molar-refractivity contribution is -0.139. The van der Waals surface area contributed by atoms with Crippen LogP contribution >= 0.6 is 0 Å². The molecule has 0 saturated carbocycles. The molecule has 32 heavy (non-hydrogen) atoms. The number of rotatable bonds is 13. The minimum Gasteiger partial charge on any atom is -0.493 e. The van der Waals surface area contributed by atoms with Crippen molar-refractivity contribution in [2.75, 3.05) is 19.8 Å². The summed E-state index contributed by atoms with van der Waals surface area (Å²) >= 11 is 0. The number of esters is 1. The molecule has 0 amide bonds. The molecule has 2 aromatic rings. The highest BCUT2D eigenvalue weighted by Crippen LogP contribution is 2.37. The zero-order valence-electron chi connectivity index (χ0n) is 18.4. The van der Waals surface area contributed by atoms with Crippen LogP contribution in [-0.2, 0) is 22.4 Å². The molecule has 0 fully saturated rings. The number of aryl methyl sites for hydroxylation is 1. The molecule has 1 heterocycles. The Bertz CT molecular complexity index is 923. The van der Waals surface area contributed by atoms with Gasteiger partial charge < -0.3 is 24.1 Å². The molecule has 0 radical (unpaired) electrons. The van der Waals surface area contributed by atoms with E-state index in [0.717, 1.165) is 55.4 Å². The van der Waals surface area contributed by atoms with Crippen LogP contribution in [0.5, 0.6) is 23.0 Å². The molecule has 0 atom stereocenters. The van der Waals surface area contributed by atoms with Crippen molar-refractivity contribution in [3.63, 3.8) is 0 Å². The predicted octanol–water partition coefficient (Wildman–Crippen LogP) is 4.58. The molecule has 1 aliphatic rings. The number of aliphatic carboxylic acids is 1. The number of carbonyl (C=O) groups is 2. The lowest BCUT2D eigenvalue weighted by Gasteiger charge is -2.21. The molecule has 0 unspecified atom stereocenters. The van der Waals surface area contributed by atoms with Crippen molar-refractivity contribution >= 4 is 11.9 Å². The van der Waals surface area contributed by atoms with Crippen molar-refractivity contribution in [1.29, 1.82) is 0 Å². The smallest absolute Gasteiger partial charge is 0.341 e. The van der Waals surface area contributed by atoms with Crippen molar-refractivity contribution in [1.82, 2.24) is 0 Å². The number of hydrogen-bond acceptors (Lipinski definition) is 6. The van der Waals surface area contributed by atoms with E-state index in [-0.39, 0.29) is 5.97 Å². The maximum absolute atomic E-state index is 11.7. The van der Waals surface area contributed by atoms with Gasteiger partial charge in [-0.15, -0.1) is 0 Å². The Kier molecular flexibility index (Phi) is 8.78. The molecule has 0 saturated heterocycles. The molecule has 0 spiro atoms. The second kappa shape index (κ2) is 12.0. The van der Waals surface area contributed by atoms with Gasteiger partial charge in [-0.3, -0.25) is 4.79 Å². The SMILES string of the molecule is CCCc1c(OCCCCCOc2ccccc2OCC(=O)O)ccc2c1OC(=O)CC2. The number of benzene rings is 2. The number of carbonyl (C=O) groups excluding carboxylic acids is 1. The normalized spacial score (nSPS) is 12.6. The number of unbranched alkanes of at least 4 members (excludes halogenated alkanes) is 2. The number of carboxylic acids is 1. The fourth-order valence-corrected chi connectivity index (χ4v) is 3.58. The van der Waals surface area contributed by atoms with E-state index in [1.165, 1.54) is 0 Å². The molecule has 172 valence electrons. The van der Waals surface area contributed by atoms with Crippen LogP contribution in [0.15, 0.2) is 36.4 Å². The Hall–Kier alpha value is -3.22. The highest BCUT2D eigenvalue weighted by Gasteiger charge is 2.22. The maximum atomic E-state index is 11.7. The highest BCUT2D eigenvalue weighted by atomic mass is 16.5. The van der Waals surface area contributed by atoms with Crippen LogP contribution < -0.4 is 18.9 Å². The first kappa shape index (κ1) is 23.4. The van der Waals surface area contributed by atoms with Crippen LogP contribution in [0.3, 0.4) is 0 Å². The zero-order valence-corrected chi connectivity index (χ0v) is 18.4. The Morgan fingerprint density at radius 3 is 2.31 bits per heavy atom. The minimum atomic E-state index is -1.03. The molecule has 3 rings (SSSR count). The second-order valence-electron chi connectivity index (χ2n) is 7.64. The fourth-order valence-electron chi connectivity index (χ4n) is 3.58. The van der Waals surface area contributed by atoms with Crippen LogP contribution in [0.4, 0.5) is 0 Å². The van der Waals surface area contributed by atoms with Gasteiger partial charge in [0.15, 0.2) is 18.1 Å². The number of carboxylic acid groups (broad SMARTS) is 1. The third-order valence-electron chi connectivity index (χ3n) is 5.12. The summed E-state index contributed by atoms with van der Waals surface area (Å²) in [6.45, 7) is 2.77. The van der Waals surface area contributed by atoms with Crippen LogP contribution in [0, 0.1) is 0 Å². The first-order chi connectivity index (χ1) is 15.6. The van der Waals surface area contributed by atoms with Crippen LogP contribution in [0.25, 0.3) is 0 Å². The van der Waals surface area contributed by atoms with Crippen molar-refractivity contribution in [2.24, 2.45) is 0 Å². The van der Waals surface area contributed by atoms with E-state index in [1.807, 2.05) is 18.2 Å². The lowest BCUT2D eigenvalue weighted by atomic mass is 9.98. The summed E-state index contributed by atoms with van der Waals surface area (Å²) in [5, 5.41) is 8.76. The number of fused-ring (bicyclic) bond motifs is 1. The van der Waals surface area contributed by atoms with E-state index in [4.69, 9.17) is 24.1 Å². The third-order valence-corrected chi connectivity index (χ3v) is 5.12. The molecular weight excluding hydrogens is 412 g/mol. The summed E-state index contributed by atoms with van der Waals surface area (Å²) in [5.74, 6) is 1.24. The van der Waals surface area contributed by atoms with Gasteiger partial charge >= 0.3 is 11.9 Å². The standard InChI is InChI=1S/C25H30O7/c1-2-8-19-20(13-11-18-12-14-24(28)32-25(18)19)29-15-6-3-7-16-30-21-9-4-5-10-22(21)31-17-23(26)27/h4-5,9-11,13H,2-3,6-8,12,14-17H2,1H3,(H,26,27). The van der Waals surface area contributed by atoms with Gasteiger partial charge in [0.1, 0.15) is 11.5 Å². The summed E-state index contributed by atoms with van der Waals surface area (Å²) in [5.41, 5.74) is 2.06. The Morgan fingerprint density at radius 2 is 1.62 bits per heavy atom. The summed E-state index contributed by atoms with van der Waals surface area (Å²) in [6.07, 6.45) is 5.51. The van der Waals surface area contributed by atoms with Gasteiger partial charge in [-0.05, 0) is 55.9 Å². The third kappa shape index (κ3) is 6.64. The van der Waals surface area contributed by atoms with E-state index >= 15 is 0 Å². The van der Waals surface area contributed by atoms with E-state index in [9.17, 15) is 9.59 Å². The molecule has 0 aromatic heterocycles. The molecule has 1 N–H and O–H groups in total. The van der Waals surface area contributed by atoms with Crippen LogP contribution in [-0.4, -0.2) is 36.9 Å². The highest BCUT2D eigenvalue weighted by molar-refractivity contribution is 5.76. The summed E-state index contributed by atoms with van der Waals surface area (Å²) in [6, 6.07) is 11.0. The van der Waals surface area contributed by atoms with E-state index < -0.39 is 12.6 Å². The second-order valence-corrected chi connectivity index (χ2v) is 7.64. The monoisotopic (exact) mass is 442 g/mol. The van der Waals surface area contributed by atoms with E-state index in [0.29, 0.717) is 36.9 Å². The summed E-state index contributed by atoms with van der Waals surface area (Å²) in [4.78, 5) is 22.4. The van der Waals surface area contributed by atoms with E-state index in [2.05, 4.69) is 6.92 Å². The van der Waals surface area contributed by atoms with Gasteiger partial charge in [-0.25, -0.2) is 4.79 Å². The summed E-state index contributed by atoms with van der Waals surface area (Å²) < 4.78 is 22.5. The van der Waals surface area contributed by atoms with Crippen molar-refractivity contribution < 1.29 is 33.6 Å². The first-order valence-corrected chi connectivity index (χ1v) is 11.1. The van der Waals surface area contributed by atoms with Crippen molar-refractivity contribution in [3.8, 4) is 23.0 Å². The van der Waals surface area contributed by atoms with Gasteiger partial charge in [-0.1, -0.05) is 31.5 Å². The number of ether oxygens (including phenoxy) is 4. The van der Waals surface area contributed by atoms with Gasteiger partial charge in [0.05, 0.1) is 19.6 Å². The Balaban J connectivity index is 1.42.